The molecule has 0 spiro atoms. The van der Waals surface area contributed by atoms with E-state index in [-0.39, 0.29) is 11.2 Å². The maximum atomic E-state index is 13.8. The van der Waals surface area contributed by atoms with E-state index in [0.29, 0.717) is 12.3 Å². The molecule has 0 aromatic heterocycles. The van der Waals surface area contributed by atoms with Crippen molar-refractivity contribution < 1.29 is 9.13 Å². The van der Waals surface area contributed by atoms with E-state index in [1.165, 1.54) is 13.2 Å². The van der Waals surface area contributed by atoms with Crippen LogP contribution in [0.15, 0.2) is 16.6 Å². The van der Waals surface area contributed by atoms with Gasteiger partial charge in [-0.3, -0.25) is 0 Å². The van der Waals surface area contributed by atoms with Gasteiger partial charge in [0, 0.05) is 22.0 Å². The minimum Gasteiger partial charge on any atom is -0.493 e. The van der Waals surface area contributed by atoms with E-state index >= 15 is 0 Å². The van der Waals surface area contributed by atoms with Gasteiger partial charge in [-0.2, -0.15) is 0 Å². The van der Waals surface area contributed by atoms with Crippen LogP contribution in [-0.4, -0.2) is 13.7 Å². The van der Waals surface area contributed by atoms with Crippen molar-refractivity contribution in [2.24, 2.45) is 5.73 Å². The molecule has 2 nitrogen and oxygen atoms in total. The molecular formula is C13H17BrFNO. The molecule has 1 aliphatic rings. The third kappa shape index (κ3) is 2.08. The average molecular weight is 302 g/mol. The van der Waals surface area contributed by atoms with E-state index in [0.717, 1.165) is 35.7 Å². The highest BCUT2D eigenvalue weighted by Crippen LogP contribution is 2.47. The maximum absolute atomic E-state index is 13.8. The summed E-state index contributed by atoms with van der Waals surface area (Å²) in [7, 11) is 1.51. The fraction of sp³-hybridized carbons (Fsp3) is 0.538. The fourth-order valence-electron chi connectivity index (χ4n) is 2.83. The normalized spacial score (nSPS) is 18.4. The van der Waals surface area contributed by atoms with E-state index in [9.17, 15) is 4.39 Å². The first-order valence-corrected chi connectivity index (χ1v) is 6.66. The van der Waals surface area contributed by atoms with Crippen LogP contribution in [0.1, 0.15) is 31.2 Å². The number of halogens is 2. The molecule has 17 heavy (non-hydrogen) atoms. The van der Waals surface area contributed by atoms with Crippen LogP contribution in [0.3, 0.4) is 0 Å². The Kier molecular flexibility index (Phi) is 3.73. The lowest BCUT2D eigenvalue weighted by Crippen LogP contribution is -2.33. The Morgan fingerprint density at radius 2 is 2.06 bits per heavy atom. The van der Waals surface area contributed by atoms with Crippen molar-refractivity contribution in [2.75, 3.05) is 13.7 Å². The number of nitrogens with two attached hydrogens (primary N) is 1. The lowest BCUT2D eigenvalue weighted by atomic mass is 9.78. The summed E-state index contributed by atoms with van der Waals surface area (Å²) in [6, 6.07) is 3.16. The summed E-state index contributed by atoms with van der Waals surface area (Å²) in [5.41, 5.74) is 6.71. The van der Waals surface area contributed by atoms with Crippen molar-refractivity contribution in [3.63, 3.8) is 0 Å². The lowest BCUT2D eigenvalue weighted by molar-refractivity contribution is 0.355. The second kappa shape index (κ2) is 4.94. The Hall–Kier alpha value is -0.610. The first-order valence-electron chi connectivity index (χ1n) is 5.87. The van der Waals surface area contributed by atoms with E-state index < -0.39 is 0 Å². The van der Waals surface area contributed by atoms with Gasteiger partial charge in [0.15, 0.2) is 11.6 Å². The van der Waals surface area contributed by atoms with E-state index in [2.05, 4.69) is 15.9 Å². The number of ether oxygens (including phenoxy) is 1. The molecule has 2 N–H and O–H groups in total. The van der Waals surface area contributed by atoms with Crippen LogP contribution in [-0.2, 0) is 5.41 Å². The molecule has 0 bridgehead atoms. The first-order chi connectivity index (χ1) is 8.14. The average Bonchev–Trinajstić information content (AvgIpc) is 2.81. The molecule has 1 fully saturated rings. The van der Waals surface area contributed by atoms with Gasteiger partial charge in [-0.1, -0.05) is 28.8 Å². The monoisotopic (exact) mass is 301 g/mol. The van der Waals surface area contributed by atoms with Crippen LogP contribution in [0.5, 0.6) is 5.75 Å². The Morgan fingerprint density at radius 3 is 2.59 bits per heavy atom. The van der Waals surface area contributed by atoms with Gasteiger partial charge in [-0.25, -0.2) is 4.39 Å². The van der Waals surface area contributed by atoms with Crippen molar-refractivity contribution in [1.82, 2.24) is 0 Å². The zero-order valence-corrected chi connectivity index (χ0v) is 11.5. The number of benzene rings is 1. The summed E-state index contributed by atoms with van der Waals surface area (Å²) in [4.78, 5) is 0. The smallest absolute Gasteiger partial charge is 0.165 e. The molecule has 1 aromatic rings. The summed E-state index contributed by atoms with van der Waals surface area (Å²) in [6.45, 7) is 0.533. The number of methoxy groups -OCH3 is 1. The molecule has 4 heteroatoms. The minimum absolute atomic E-state index is 0.133. The van der Waals surface area contributed by atoms with Gasteiger partial charge in [0.2, 0.25) is 0 Å². The van der Waals surface area contributed by atoms with Crippen LogP contribution in [0, 0.1) is 5.82 Å². The third-order valence-corrected chi connectivity index (χ3v) is 4.41. The van der Waals surface area contributed by atoms with Crippen molar-refractivity contribution >= 4 is 15.9 Å². The predicted molar refractivity (Wildman–Crippen MR) is 69.9 cm³/mol. The Morgan fingerprint density at radius 1 is 1.41 bits per heavy atom. The summed E-state index contributed by atoms with van der Waals surface area (Å²) in [5.74, 6) is 0.0251. The zero-order chi connectivity index (χ0) is 12.5. The Balaban J connectivity index is 2.60. The molecule has 94 valence electrons. The molecule has 0 aliphatic heterocycles. The topological polar surface area (TPSA) is 35.2 Å². The van der Waals surface area contributed by atoms with Crippen molar-refractivity contribution in [1.29, 1.82) is 0 Å². The van der Waals surface area contributed by atoms with Gasteiger partial charge in [-0.05, 0) is 25.0 Å². The second-order valence-corrected chi connectivity index (χ2v) is 5.48. The summed E-state index contributed by atoms with van der Waals surface area (Å²) in [6.07, 6.45) is 4.29. The van der Waals surface area contributed by atoms with Crippen LogP contribution >= 0.6 is 15.9 Å². The molecule has 1 saturated carbocycles. The first kappa shape index (κ1) is 12.8. The molecule has 1 aromatic carbocycles. The molecule has 2 rings (SSSR count). The molecular weight excluding hydrogens is 285 g/mol. The fourth-order valence-corrected chi connectivity index (χ4v) is 3.57. The van der Waals surface area contributed by atoms with Gasteiger partial charge >= 0.3 is 0 Å². The third-order valence-electron chi connectivity index (χ3n) is 3.74. The van der Waals surface area contributed by atoms with Crippen molar-refractivity contribution in [3.05, 3.63) is 28.0 Å². The predicted octanol–water partition coefficient (Wildman–Crippen LogP) is 3.37. The lowest BCUT2D eigenvalue weighted by Gasteiger charge is -2.30. The highest BCUT2D eigenvalue weighted by molar-refractivity contribution is 9.10. The summed E-state index contributed by atoms with van der Waals surface area (Å²) >= 11 is 3.51. The van der Waals surface area contributed by atoms with Gasteiger partial charge in [0.25, 0.3) is 0 Å². The van der Waals surface area contributed by atoms with Crippen LogP contribution in [0.2, 0.25) is 0 Å². The van der Waals surface area contributed by atoms with Gasteiger partial charge < -0.3 is 10.5 Å². The summed E-state index contributed by atoms with van der Waals surface area (Å²) < 4.78 is 19.9. The highest BCUT2D eigenvalue weighted by Gasteiger charge is 2.39. The zero-order valence-electron chi connectivity index (χ0n) is 9.93. The Labute approximate surface area is 109 Å². The highest BCUT2D eigenvalue weighted by atomic mass is 79.9. The molecule has 0 amide bonds. The van der Waals surface area contributed by atoms with Gasteiger partial charge in [0.1, 0.15) is 0 Å². The number of hydrogen-bond acceptors (Lipinski definition) is 2. The maximum Gasteiger partial charge on any atom is 0.165 e. The minimum atomic E-state index is -0.314. The molecule has 0 radical (unpaired) electrons. The quantitative estimate of drug-likeness (QED) is 0.929. The molecule has 0 heterocycles. The standard InChI is InChI=1S/C13H17BrFNO/c1-17-12-10(15)5-4-9(14)11(12)13(8-16)6-2-3-7-13/h4-5H,2-3,6-8,16H2,1H3. The van der Waals surface area contributed by atoms with Crippen LogP contribution in [0.25, 0.3) is 0 Å². The number of hydrogen-bond donors (Lipinski definition) is 1. The van der Waals surface area contributed by atoms with E-state index in [1.54, 1.807) is 6.07 Å². The van der Waals surface area contributed by atoms with Crippen molar-refractivity contribution in [2.45, 2.75) is 31.1 Å². The molecule has 0 atom stereocenters. The Bertz CT molecular complexity index is 416. The SMILES string of the molecule is COc1c(F)ccc(Br)c1C1(CN)CCCC1. The van der Waals surface area contributed by atoms with E-state index in [4.69, 9.17) is 10.5 Å². The largest absolute Gasteiger partial charge is 0.493 e. The molecule has 0 saturated heterocycles. The van der Waals surface area contributed by atoms with Crippen LogP contribution in [0.4, 0.5) is 4.39 Å². The van der Waals surface area contributed by atoms with Crippen LogP contribution < -0.4 is 10.5 Å². The van der Waals surface area contributed by atoms with Crippen molar-refractivity contribution in [3.8, 4) is 5.75 Å². The second-order valence-electron chi connectivity index (χ2n) is 4.63. The van der Waals surface area contributed by atoms with Gasteiger partial charge in [-0.15, -0.1) is 0 Å². The molecule has 0 unspecified atom stereocenters. The van der Waals surface area contributed by atoms with E-state index in [1.807, 2.05) is 0 Å². The molecule has 1 aliphatic carbocycles. The summed E-state index contributed by atoms with van der Waals surface area (Å²) in [5, 5.41) is 0. The van der Waals surface area contributed by atoms with Gasteiger partial charge in [0.05, 0.1) is 7.11 Å². The number of rotatable bonds is 3.